The maximum absolute atomic E-state index is 3.75. The molecule has 0 amide bonds. The highest BCUT2D eigenvalue weighted by atomic mass is 15.4. The van der Waals surface area contributed by atoms with Crippen LogP contribution in [0.25, 0.3) is 0 Å². The van der Waals surface area contributed by atoms with E-state index in [1.807, 2.05) is 6.92 Å². The molecule has 1 aliphatic carbocycles. The maximum Gasteiger partial charge on any atom is 0.0345 e. The molecule has 12 heavy (non-hydrogen) atoms. The minimum atomic E-state index is 0.571. The van der Waals surface area contributed by atoms with Crippen molar-refractivity contribution in [3.63, 3.8) is 0 Å². The molecule has 1 atom stereocenters. The second-order valence-corrected chi connectivity index (χ2v) is 3.22. The molecule has 0 saturated carbocycles. The summed E-state index contributed by atoms with van der Waals surface area (Å²) < 4.78 is 0. The standard InChI is InChI=1S/C10H16N2/c1-8(2)11-12-10-7-5-4-6-9(10)3/h4-5,7,9,11-12H,1,6H2,2-3H3. The molecule has 0 aromatic rings. The minimum absolute atomic E-state index is 0.571. The predicted molar refractivity (Wildman–Crippen MR) is 52.1 cm³/mol. The molecule has 0 bridgehead atoms. The fraction of sp³-hybridized carbons (Fsp3) is 0.400. The highest BCUT2D eigenvalue weighted by Crippen LogP contribution is 2.16. The summed E-state index contributed by atoms with van der Waals surface area (Å²) in [6.07, 6.45) is 7.44. The summed E-state index contributed by atoms with van der Waals surface area (Å²) >= 11 is 0. The van der Waals surface area contributed by atoms with E-state index in [-0.39, 0.29) is 0 Å². The van der Waals surface area contributed by atoms with Gasteiger partial charge in [-0.3, -0.25) is 0 Å². The fourth-order valence-corrected chi connectivity index (χ4v) is 1.09. The third kappa shape index (κ3) is 2.46. The molecule has 2 nitrogen and oxygen atoms in total. The van der Waals surface area contributed by atoms with E-state index in [1.54, 1.807) is 0 Å². The van der Waals surface area contributed by atoms with Crippen molar-refractivity contribution in [1.82, 2.24) is 10.9 Å². The van der Waals surface area contributed by atoms with E-state index in [0.717, 1.165) is 12.1 Å². The minimum Gasteiger partial charge on any atom is -0.306 e. The van der Waals surface area contributed by atoms with Gasteiger partial charge in [-0.1, -0.05) is 25.7 Å². The Labute approximate surface area is 74.0 Å². The Morgan fingerprint density at radius 3 is 3.00 bits per heavy atom. The smallest absolute Gasteiger partial charge is 0.0345 e. The molecule has 0 fully saturated rings. The maximum atomic E-state index is 3.75. The molecule has 1 unspecified atom stereocenters. The zero-order valence-electron chi connectivity index (χ0n) is 7.72. The lowest BCUT2D eigenvalue weighted by molar-refractivity contribution is 0.564. The van der Waals surface area contributed by atoms with E-state index in [4.69, 9.17) is 0 Å². The van der Waals surface area contributed by atoms with Gasteiger partial charge in [0.2, 0.25) is 0 Å². The first-order valence-electron chi connectivity index (χ1n) is 4.24. The second kappa shape index (κ2) is 4.00. The van der Waals surface area contributed by atoms with Gasteiger partial charge >= 0.3 is 0 Å². The zero-order chi connectivity index (χ0) is 8.97. The van der Waals surface area contributed by atoms with Gasteiger partial charge in [0.15, 0.2) is 0 Å². The molecule has 1 rings (SSSR count). The van der Waals surface area contributed by atoms with Crippen LogP contribution in [0.3, 0.4) is 0 Å². The first-order chi connectivity index (χ1) is 5.70. The van der Waals surface area contributed by atoms with E-state index in [1.165, 1.54) is 5.70 Å². The van der Waals surface area contributed by atoms with Crippen molar-refractivity contribution >= 4 is 0 Å². The molecule has 0 aromatic heterocycles. The van der Waals surface area contributed by atoms with Crippen LogP contribution < -0.4 is 10.9 Å². The van der Waals surface area contributed by atoms with E-state index in [9.17, 15) is 0 Å². The molecule has 0 aromatic carbocycles. The van der Waals surface area contributed by atoms with Gasteiger partial charge in [-0.25, -0.2) is 0 Å². The summed E-state index contributed by atoms with van der Waals surface area (Å²) in [6, 6.07) is 0. The molecule has 2 N–H and O–H groups in total. The van der Waals surface area contributed by atoms with Crippen molar-refractivity contribution in [2.75, 3.05) is 0 Å². The second-order valence-electron chi connectivity index (χ2n) is 3.22. The monoisotopic (exact) mass is 164 g/mol. The number of allylic oxidation sites excluding steroid dienone is 5. The lowest BCUT2D eigenvalue weighted by Crippen LogP contribution is -2.32. The van der Waals surface area contributed by atoms with E-state index >= 15 is 0 Å². The zero-order valence-corrected chi connectivity index (χ0v) is 7.72. The largest absolute Gasteiger partial charge is 0.306 e. The first-order valence-corrected chi connectivity index (χ1v) is 4.24. The van der Waals surface area contributed by atoms with Gasteiger partial charge in [0.1, 0.15) is 0 Å². The van der Waals surface area contributed by atoms with Crippen molar-refractivity contribution < 1.29 is 0 Å². The van der Waals surface area contributed by atoms with Gasteiger partial charge in [0.05, 0.1) is 0 Å². The first kappa shape index (κ1) is 8.91. The van der Waals surface area contributed by atoms with Gasteiger partial charge < -0.3 is 10.9 Å². The third-order valence-electron chi connectivity index (χ3n) is 1.85. The fourth-order valence-electron chi connectivity index (χ4n) is 1.09. The van der Waals surface area contributed by atoms with Crippen molar-refractivity contribution in [2.24, 2.45) is 5.92 Å². The summed E-state index contributed by atoms with van der Waals surface area (Å²) in [6.45, 7) is 7.87. The summed E-state index contributed by atoms with van der Waals surface area (Å²) in [5, 5.41) is 0. The number of nitrogens with one attached hydrogen (secondary N) is 2. The average molecular weight is 164 g/mol. The molecule has 0 saturated heterocycles. The average Bonchev–Trinajstić information content (AvgIpc) is 2.03. The Morgan fingerprint density at radius 1 is 1.67 bits per heavy atom. The van der Waals surface area contributed by atoms with Crippen molar-refractivity contribution in [3.8, 4) is 0 Å². The van der Waals surface area contributed by atoms with Crippen LogP contribution in [0.4, 0.5) is 0 Å². The lowest BCUT2D eigenvalue weighted by atomic mass is 10.00. The topological polar surface area (TPSA) is 24.1 Å². The molecule has 66 valence electrons. The number of hydrogen-bond donors (Lipinski definition) is 2. The normalized spacial score (nSPS) is 21.5. The van der Waals surface area contributed by atoms with Crippen LogP contribution in [-0.4, -0.2) is 0 Å². The van der Waals surface area contributed by atoms with Gasteiger partial charge in [-0.15, -0.1) is 0 Å². The Morgan fingerprint density at radius 2 is 2.42 bits per heavy atom. The number of hydrazine groups is 1. The summed E-state index contributed by atoms with van der Waals surface area (Å²) in [4.78, 5) is 0. The number of hydrogen-bond acceptors (Lipinski definition) is 2. The van der Waals surface area contributed by atoms with Gasteiger partial charge in [0, 0.05) is 17.3 Å². The quantitative estimate of drug-likeness (QED) is 0.624. The SMILES string of the molecule is C=C(C)NNC1=CC=CCC1C. The summed E-state index contributed by atoms with van der Waals surface area (Å²) in [5.74, 6) is 0.571. The summed E-state index contributed by atoms with van der Waals surface area (Å²) in [7, 11) is 0. The Hall–Kier alpha value is -1.18. The van der Waals surface area contributed by atoms with Crippen molar-refractivity contribution in [2.45, 2.75) is 20.3 Å². The highest BCUT2D eigenvalue weighted by Gasteiger charge is 2.08. The van der Waals surface area contributed by atoms with Crippen molar-refractivity contribution in [3.05, 3.63) is 36.2 Å². The van der Waals surface area contributed by atoms with Crippen LogP contribution in [0.15, 0.2) is 36.2 Å². The van der Waals surface area contributed by atoms with Gasteiger partial charge in [-0.2, -0.15) is 0 Å². The molecule has 1 aliphatic rings. The van der Waals surface area contributed by atoms with Crippen LogP contribution in [0.5, 0.6) is 0 Å². The predicted octanol–water partition coefficient (Wildman–Crippen LogP) is 2.09. The van der Waals surface area contributed by atoms with E-state index in [0.29, 0.717) is 5.92 Å². The third-order valence-corrected chi connectivity index (χ3v) is 1.85. The van der Waals surface area contributed by atoms with Crippen LogP contribution in [0.1, 0.15) is 20.3 Å². The Balaban J connectivity index is 2.44. The molecular formula is C10H16N2. The molecule has 0 heterocycles. The molecule has 0 radical (unpaired) electrons. The highest BCUT2D eigenvalue weighted by molar-refractivity contribution is 5.18. The van der Waals surface area contributed by atoms with E-state index in [2.05, 4.69) is 42.6 Å². The van der Waals surface area contributed by atoms with Crippen LogP contribution >= 0.6 is 0 Å². The molecule has 0 spiro atoms. The van der Waals surface area contributed by atoms with Gasteiger partial charge in [-0.05, 0) is 19.4 Å². The number of rotatable bonds is 3. The van der Waals surface area contributed by atoms with E-state index < -0.39 is 0 Å². The van der Waals surface area contributed by atoms with Gasteiger partial charge in [0.25, 0.3) is 0 Å². The van der Waals surface area contributed by atoms with Crippen molar-refractivity contribution in [1.29, 1.82) is 0 Å². The molecular weight excluding hydrogens is 148 g/mol. The van der Waals surface area contributed by atoms with Crippen LogP contribution in [-0.2, 0) is 0 Å². The Bertz CT molecular complexity index is 226. The molecule has 0 aliphatic heterocycles. The van der Waals surface area contributed by atoms with Crippen LogP contribution in [0, 0.1) is 5.92 Å². The lowest BCUT2D eigenvalue weighted by Gasteiger charge is -2.19. The van der Waals surface area contributed by atoms with Crippen LogP contribution in [0.2, 0.25) is 0 Å². The Kier molecular flexibility index (Phi) is 2.97. The summed E-state index contributed by atoms with van der Waals surface area (Å²) in [5.41, 5.74) is 8.28. The molecule has 2 heteroatoms.